The van der Waals surface area contributed by atoms with Crippen LogP contribution in [0.4, 0.5) is 10.5 Å². The molecule has 3 N–H and O–H groups in total. The number of carboxylic acid groups (broad SMARTS) is 1. The molecule has 1 aromatic rings. The number of amides is 2. The summed E-state index contributed by atoms with van der Waals surface area (Å²) in [5.74, 6) is -1.49. The number of hydrogen-bond donors (Lipinski definition) is 3. The Balaban J connectivity index is 2.51. The molecule has 1 aromatic carbocycles. The molecule has 0 heterocycles. The summed E-state index contributed by atoms with van der Waals surface area (Å²) in [5, 5.41) is 14.5. The normalized spacial score (nSPS) is 11.7. The first-order valence-corrected chi connectivity index (χ1v) is 6.35. The first-order valence-electron chi connectivity index (χ1n) is 5.97. The quantitative estimate of drug-likeness (QED) is 0.778. The summed E-state index contributed by atoms with van der Waals surface area (Å²) in [6.45, 7) is 3.72. The monoisotopic (exact) mass is 284 g/mol. The highest BCUT2D eigenvalue weighted by Gasteiger charge is 2.15. The van der Waals surface area contributed by atoms with E-state index in [-0.39, 0.29) is 6.54 Å². The number of aryl methyl sites for hydroxylation is 1. The fourth-order valence-electron chi connectivity index (χ4n) is 1.47. The molecule has 0 aromatic heterocycles. The van der Waals surface area contributed by atoms with Crippen molar-refractivity contribution in [3.8, 4) is 0 Å². The number of halogens is 1. The third kappa shape index (κ3) is 4.79. The molecule has 5 nitrogen and oxygen atoms in total. The van der Waals surface area contributed by atoms with Gasteiger partial charge in [0.05, 0.1) is 5.92 Å². The number of hydrogen-bond acceptors (Lipinski definition) is 2. The topological polar surface area (TPSA) is 78.4 Å². The number of nitrogens with one attached hydrogen (secondary N) is 2. The van der Waals surface area contributed by atoms with Crippen molar-refractivity contribution in [3.05, 3.63) is 28.8 Å². The van der Waals surface area contributed by atoms with E-state index in [2.05, 4.69) is 10.6 Å². The lowest BCUT2D eigenvalue weighted by molar-refractivity contribution is -0.141. The molecule has 104 valence electrons. The zero-order valence-electron chi connectivity index (χ0n) is 10.9. The van der Waals surface area contributed by atoms with Gasteiger partial charge < -0.3 is 15.7 Å². The molecule has 19 heavy (non-hydrogen) atoms. The summed E-state index contributed by atoms with van der Waals surface area (Å²) in [6.07, 6.45) is 0.464. The minimum atomic E-state index is -0.916. The van der Waals surface area contributed by atoms with E-state index >= 15 is 0 Å². The van der Waals surface area contributed by atoms with Gasteiger partial charge in [-0.3, -0.25) is 4.79 Å². The van der Waals surface area contributed by atoms with Gasteiger partial charge in [0, 0.05) is 17.3 Å². The van der Waals surface area contributed by atoms with Gasteiger partial charge in [0.1, 0.15) is 0 Å². The van der Waals surface area contributed by atoms with Crippen LogP contribution in [0.2, 0.25) is 5.02 Å². The summed E-state index contributed by atoms with van der Waals surface area (Å²) < 4.78 is 0. The molecular weight excluding hydrogens is 268 g/mol. The van der Waals surface area contributed by atoms with E-state index in [4.69, 9.17) is 16.7 Å². The Morgan fingerprint density at radius 3 is 2.63 bits per heavy atom. The lowest BCUT2D eigenvalue weighted by Crippen LogP contribution is -2.35. The molecule has 6 heteroatoms. The summed E-state index contributed by atoms with van der Waals surface area (Å²) in [4.78, 5) is 22.4. The van der Waals surface area contributed by atoms with Gasteiger partial charge in [0.15, 0.2) is 0 Å². The van der Waals surface area contributed by atoms with Crippen LogP contribution in [0.25, 0.3) is 0 Å². The van der Waals surface area contributed by atoms with Crippen LogP contribution in [0.1, 0.15) is 18.9 Å². The van der Waals surface area contributed by atoms with Crippen molar-refractivity contribution in [1.29, 1.82) is 0 Å². The largest absolute Gasteiger partial charge is 0.481 e. The van der Waals surface area contributed by atoms with Crippen molar-refractivity contribution in [1.82, 2.24) is 5.32 Å². The van der Waals surface area contributed by atoms with Crippen LogP contribution in [0.3, 0.4) is 0 Å². The maximum atomic E-state index is 11.6. The average Bonchev–Trinajstić information content (AvgIpc) is 2.34. The molecule has 0 saturated carbocycles. The van der Waals surface area contributed by atoms with Crippen LogP contribution >= 0.6 is 11.6 Å². The molecule has 0 fully saturated rings. The smallest absolute Gasteiger partial charge is 0.319 e. The Morgan fingerprint density at radius 2 is 2.11 bits per heavy atom. The van der Waals surface area contributed by atoms with Crippen LogP contribution < -0.4 is 10.6 Å². The first kappa shape index (κ1) is 15.3. The van der Waals surface area contributed by atoms with E-state index in [1.54, 1.807) is 25.1 Å². The zero-order valence-corrected chi connectivity index (χ0v) is 11.6. The van der Waals surface area contributed by atoms with Gasteiger partial charge in [0.25, 0.3) is 0 Å². The number of carboxylic acids is 1. The first-order chi connectivity index (χ1) is 8.93. The predicted molar refractivity (Wildman–Crippen MR) is 74.6 cm³/mol. The van der Waals surface area contributed by atoms with Crippen LogP contribution in [0.5, 0.6) is 0 Å². The van der Waals surface area contributed by atoms with Crippen molar-refractivity contribution >= 4 is 29.3 Å². The number of carbonyl (C=O) groups excluding carboxylic acids is 1. The van der Waals surface area contributed by atoms with Gasteiger partial charge in [-0.2, -0.15) is 0 Å². The fraction of sp³-hybridized carbons (Fsp3) is 0.385. The van der Waals surface area contributed by atoms with Crippen molar-refractivity contribution in [2.75, 3.05) is 11.9 Å². The van der Waals surface area contributed by atoms with Gasteiger partial charge in [-0.1, -0.05) is 24.6 Å². The third-order valence-corrected chi connectivity index (χ3v) is 3.19. The maximum Gasteiger partial charge on any atom is 0.319 e. The molecule has 0 bridgehead atoms. The van der Waals surface area contributed by atoms with E-state index in [0.717, 1.165) is 5.56 Å². The number of urea groups is 1. The zero-order chi connectivity index (χ0) is 14.4. The fourth-order valence-corrected chi connectivity index (χ4v) is 1.65. The van der Waals surface area contributed by atoms with E-state index in [1.807, 2.05) is 6.92 Å². The van der Waals surface area contributed by atoms with Crippen LogP contribution in [-0.4, -0.2) is 23.7 Å². The average molecular weight is 285 g/mol. The Morgan fingerprint density at radius 1 is 1.42 bits per heavy atom. The molecule has 2 amide bonds. The summed E-state index contributed by atoms with van der Waals surface area (Å²) in [6, 6.07) is 4.73. The Labute approximate surface area is 117 Å². The summed E-state index contributed by atoms with van der Waals surface area (Å²) >= 11 is 5.94. The lowest BCUT2D eigenvalue weighted by atomic mass is 10.1. The van der Waals surface area contributed by atoms with Crippen molar-refractivity contribution < 1.29 is 14.7 Å². The van der Waals surface area contributed by atoms with Crippen LogP contribution in [-0.2, 0) is 4.79 Å². The third-order valence-electron chi connectivity index (χ3n) is 2.78. The molecule has 1 rings (SSSR count). The second-order valence-electron chi connectivity index (χ2n) is 4.24. The number of rotatable bonds is 5. The van der Waals surface area contributed by atoms with Gasteiger partial charge in [-0.15, -0.1) is 0 Å². The molecule has 0 aliphatic carbocycles. The van der Waals surface area contributed by atoms with E-state index < -0.39 is 17.9 Å². The highest BCUT2D eigenvalue weighted by Crippen LogP contribution is 2.19. The minimum Gasteiger partial charge on any atom is -0.481 e. The van der Waals surface area contributed by atoms with Crippen molar-refractivity contribution in [3.63, 3.8) is 0 Å². The molecular formula is C13H17ClN2O3. The highest BCUT2D eigenvalue weighted by molar-refractivity contribution is 6.31. The predicted octanol–water partition coefficient (Wildman–Crippen LogP) is 2.88. The molecule has 0 aliphatic heterocycles. The summed E-state index contributed by atoms with van der Waals surface area (Å²) in [5.41, 5.74) is 1.49. The Hall–Kier alpha value is -1.75. The number of carbonyl (C=O) groups is 2. The maximum absolute atomic E-state index is 11.6. The number of anilines is 1. The molecule has 0 spiro atoms. The Bertz CT molecular complexity index is 477. The van der Waals surface area contributed by atoms with Gasteiger partial charge in [-0.25, -0.2) is 4.79 Å². The van der Waals surface area contributed by atoms with E-state index in [1.165, 1.54) is 0 Å². The van der Waals surface area contributed by atoms with E-state index in [9.17, 15) is 9.59 Å². The lowest BCUT2D eigenvalue weighted by Gasteiger charge is -2.12. The van der Waals surface area contributed by atoms with Gasteiger partial charge in [-0.05, 0) is 31.0 Å². The minimum absolute atomic E-state index is 0.0945. The number of aliphatic carboxylic acids is 1. The van der Waals surface area contributed by atoms with E-state index in [0.29, 0.717) is 17.1 Å². The summed E-state index contributed by atoms with van der Waals surface area (Å²) in [7, 11) is 0. The second kappa shape index (κ2) is 6.99. The van der Waals surface area contributed by atoms with Crippen LogP contribution in [0.15, 0.2) is 18.2 Å². The molecule has 0 radical (unpaired) electrons. The SMILES string of the molecule is CCC(CNC(=O)Nc1ccc(C)c(Cl)c1)C(=O)O. The van der Waals surface area contributed by atoms with Crippen LogP contribution in [0, 0.1) is 12.8 Å². The molecule has 0 aliphatic rings. The van der Waals surface area contributed by atoms with Crippen molar-refractivity contribution in [2.45, 2.75) is 20.3 Å². The van der Waals surface area contributed by atoms with Gasteiger partial charge >= 0.3 is 12.0 Å². The van der Waals surface area contributed by atoms with Crippen molar-refractivity contribution in [2.24, 2.45) is 5.92 Å². The molecule has 1 unspecified atom stereocenters. The second-order valence-corrected chi connectivity index (χ2v) is 4.65. The molecule has 1 atom stereocenters. The highest BCUT2D eigenvalue weighted by atomic mass is 35.5. The molecule has 0 saturated heterocycles. The Kier molecular flexibility index (Phi) is 5.63. The number of benzene rings is 1. The standard InChI is InChI=1S/C13H17ClN2O3/c1-3-9(12(17)18)7-15-13(19)16-10-5-4-8(2)11(14)6-10/h4-6,9H,3,7H2,1-2H3,(H,17,18)(H2,15,16,19). The van der Waals surface area contributed by atoms with Gasteiger partial charge in [0.2, 0.25) is 0 Å².